The summed E-state index contributed by atoms with van der Waals surface area (Å²) in [5.41, 5.74) is 0.400. The lowest BCUT2D eigenvalue weighted by Crippen LogP contribution is -2.40. The minimum atomic E-state index is -3.06. The highest BCUT2D eigenvalue weighted by Gasteiger charge is 2.32. The maximum absolute atomic E-state index is 12.3. The number of hydrogen-bond donors (Lipinski definition) is 0. The maximum Gasteiger partial charge on any atom is 0.260 e. The Hall–Kier alpha value is -2.41. The van der Waals surface area contributed by atoms with Gasteiger partial charge in [-0.2, -0.15) is 0 Å². The zero-order valence-electron chi connectivity index (χ0n) is 13.8. The van der Waals surface area contributed by atoms with E-state index in [1.807, 2.05) is 30.3 Å². The summed E-state index contributed by atoms with van der Waals surface area (Å²) >= 11 is 0. The molecular weight excluding hydrogens is 342 g/mol. The van der Waals surface area contributed by atoms with E-state index in [2.05, 4.69) is 0 Å². The first-order chi connectivity index (χ1) is 11.9. The van der Waals surface area contributed by atoms with Crippen molar-refractivity contribution in [2.24, 2.45) is 0 Å². The van der Waals surface area contributed by atoms with Crippen molar-refractivity contribution in [1.29, 1.82) is 0 Å². The van der Waals surface area contributed by atoms with Crippen molar-refractivity contribution in [3.63, 3.8) is 0 Å². The molecule has 3 rings (SSSR count). The molecule has 1 saturated heterocycles. The third-order valence-corrected chi connectivity index (χ3v) is 6.30. The molecule has 0 aliphatic carbocycles. The van der Waals surface area contributed by atoms with E-state index in [0.717, 1.165) is 17.1 Å². The molecule has 1 aliphatic rings. The van der Waals surface area contributed by atoms with Crippen molar-refractivity contribution in [1.82, 2.24) is 4.90 Å². The van der Waals surface area contributed by atoms with E-state index < -0.39 is 9.84 Å². The first kappa shape index (κ1) is 17.4. The predicted octanol–water partition coefficient (Wildman–Crippen LogP) is 1.68. The number of benzene rings is 2. The van der Waals surface area contributed by atoms with Crippen LogP contribution in [0.4, 0.5) is 0 Å². The van der Waals surface area contributed by atoms with Gasteiger partial charge in [0.05, 0.1) is 17.1 Å². The Morgan fingerprint density at radius 1 is 1.28 bits per heavy atom. The Morgan fingerprint density at radius 3 is 2.72 bits per heavy atom. The van der Waals surface area contributed by atoms with Crippen LogP contribution in [0.1, 0.15) is 16.8 Å². The number of carbonyl (C=O) groups is 2. The van der Waals surface area contributed by atoms with Crippen LogP contribution in [-0.2, 0) is 14.6 Å². The number of sulfone groups is 1. The van der Waals surface area contributed by atoms with E-state index in [1.165, 1.54) is 4.90 Å². The van der Waals surface area contributed by atoms with E-state index in [0.29, 0.717) is 17.7 Å². The Bertz CT molecular complexity index is 922. The van der Waals surface area contributed by atoms with Gasteiger partial charge in [-0.25, -0.2) is 8.42 Å². The summed E-state index contributed by atoms with van der Waals surface area (Å²) in [6.07, 6.45) is 1.16. The molecule has 0 N–H and O–H groups in total. The molecule has 1 aliphatic heterocycles. The van der Waals surface area contributed by atoms with Gasteiger partial charge in [0.1, 0.15) is 5.75 Å². The van der Waals surface area contributed by atoms with E-state index in [4.69, 9.17) is 4.74 Å². The van der Waals surface area contributed by atoms with Crippen molar-refractivity contribution in [3.8, 4) is 5.75 Å². The monoisotopic (exact) mass is 361 g/mol. The predicted molar refractivity (Wildman–Crippen MR) is 94.7 cm³/mol. The Morgan fingerprint density at radius 2 is 2.04 bits per heavy atom. The van der Waals surface area contributed by atoms with Crippen molar-refractivity contribution in [2.75, 3.05) is 25.2 Å². The molecule has 0 spiro atoms. The SMILES string of the molecule is CN(C(=O)COc1ccc2ccccc2c1C=O)[C@H]1CCS(=O)(=O)C1. The van der Waals surface area contributed by atoms with E-state index in [9.17, 15) is 18.0 Å². The molecule has 1 fully saturated rings. The number of fused-ring (bicyclic) bond motifs is 1. The fraction of sp³-hybridized carbons (Fsp3) is 0.333. The van der Waals surface area contributed by atoms with Gasteiger partial charge < -0.3 is 9.64 Å². The second kappa shape index (κ2) is 6.84. The quantitative estimate of drug-likeness (QED) is 0.757. The van der Waals surface area contributed by atoms with Gasteiger partial charge in [-0.05, 0) is 23.3 Å². The molecule has 2 aromatic rings. The van der Waals surface area contributed by atoms with Gasteiger partial charge in [0, 0.05) is 13.1 Å². The van der Waals surface area contributed by atoms with Gasteiger partial charge in [0.25, 0.3) is 5.91 Å². The first-order valence-electron chi connectivity index (χ1n) is 7.97. The number of carbonyl (C=O) groups excluding carboxylic acids is 2. The smallest absolute Gasteiger partial charge is 0.260 e. The van der Waals surface area contributed by atoms with Gasteiger partial charge in [-0.1, -0.05) is 30.3 Å². The van der Waals surface area contributed by atoms with Crippen LogP contribution in [0.5, 0.6) is 5.75 Å². The Labute approximate surface area is 146 Å². The Kier molecular flexibility index (Phi) is 4.76. The summed E-state index contributed by atoms with van der Waals surface area (Å²) in [6, 6.07) is 10.6. The normalized spacial score (nSPS) is 18.8. The largest absolute Gasteiger partial charge is 0.483 e. The summed E-state index contributed by atoms with van der Waals surface area (Å²) < 4.78 is 28.7. The number of likely N-dealkylation sites (N-methyl/N-ethyl adjacent to an activating group) is 1. The van der Waals surface area contributed by atoms with Crippen LogP contribution in [0.25, 0.3) is 10.8 Å². The fourth-order valence-corrected chi connectivity index (χ4v) is 4.82. The van der Waals surface area contributed by atoms with Crippen molar-refractivity contribution >= 4 is 32.8 Å². The zero-order chi connectivity index (χ0) is 18.0. The van der Waals surface area contributed by atoms with Gasteiger partial charge in [-0.3, -0.25) is 9.59 Å². The first-order valence-corrected chi connectivity index (χ1v) is 9.79. The fourth-order valence-electron chi connectivity index (χ4n) is 3.05. The number of rotatable bonds is 5. The number of hydrogen-bond acceptors (Lipinski definition) is 5. The molecule has 0 unspecified atom stereocenters. The molecule has 7 heteroatoms. The summed E-state index contributed by atoms with van der Waals surface area (Å²) in [5, 5.41) is 1.68. The average Bonchev–Trinajstić information content (AvgIpc) is 2.98. The van der Waals surface area contributed by atoms with Crippen LogP contribution in [0.2, 0.25) is 0 Å². The van der Waals surface area contributed by atoms with Crippen LogP contribution in [0.3, 0.4) is 0 Å². The molecule has 0 radical (unpaired) electrons. The van der Waals surface area contributed by atoms with Gasteiger partial charge in [0.15, 0.2) is 22.7 Å². The number of amides is 1. The minimum absolute atomic E-state index is 0.00912. The van der Waals surface area contributed by atoms with Crippen molar-refractivity contribution in [3.05, 3.63) is 42.0 Å². The minimum Gasteiger partial charge on any atom is -0.483 e. The highest BCUT2D eigenvalue weighted by Crippen LogP contribution is 2.26. The van der Waals surface area contributed by atoms with Crippen molar-refractivity contribution < 1.29 is 22.7 Å². The lowest BCUT2D eigenvalue weighted by molar-refractivity contribution is -0.133. The lowest BCUT2D eigenvalue weighted by atomic mass is 10.0. The van der Waals surface area contributed by atoms with Crippen LogP contribution in [0.15, 0.2) is 36.4 Å². The highest BCUT2D eigenvalue weighted by molar-refractivity contribution is 7.91. The zero-order valence-corrected chi connectivity index (χ0v) is 14.7. The second-order valence-electron chi connectivity index (χ2n) is 6.17. The molecule has 2 aromatic carbocycles. The molecule has 1 heterocycles. The summed E-state index contributed by atoms with van der Waals surface area (Å²) in [6.45, 7) is -0.244. The van der Waals surface area contributed by atoms with Crippen LogP contribution in [-0.4, -0.2) is 56.7 Å². The van der Waals surface area contributed by atoms with E-state index in [1.54, 1.807) is 13.1 Å². The molecule has 132 valence electrons. The topological polar surface area (TPSA) is 80.8 Å². The standard InChI is InChI=1S/C18H19NO5S/c1-19(14-8-9-25(22,23)12-14)18(21)11-24-17-7-6-13-4-2-3-5-15(13)16(17)10-20/h2-7,10,14H,8-9,11-12H2,1H3/t14-/m0/s1. The summed E-state index contributed by atoms with van der Waals surface area (Å²) in [4.78, 5) is 25.2. The molecular formula is C18H19NO5S. The summed E-state index contributed by atoms with van der Waals surface area (Å²) in [5.74, 6) is 0.127. The Balaban J connectivity index is 1.72. The number of aldehydes is 1. The van der Waals surface area contributed by atoms with Gasteiger partial charge in [0.2, 0.25) is 0 Å². The third-order valence-electron chi connectivity index (χ3n) is 4.55. The van der Waals surface area contributed by atoms with Gasteiger partial charge in [-0.15, -0.1) is 0 Å². The third kappa shape index (κ3) is 3.66. The summed E-state index contributed by atoms with van der Waals surface area (Å²) in [7, 11) is -1.48. The lowest BCUT2D eigenvalue weighted by Gasteiger charge is -2.23. The second-order valence-corrected chi connectivity index (χ2v) is 8.40. The highest BCUT2D eigenvalue weighted by atomic mass is 32.2. The van der Waals surface area contributed by atoms with E-state index in [-0.39, 0.29) is 30.1 Å². The van der Waals surface area contributed by atoms with Crippen LogP contribution >= 0.6 is 0 Å². The van der Waals surface area contributed by atoms with E-state index >= 15 is 0 Å². The number of nitrogens with zero attached hydrogens (tertiary/aromatic N) is 1. The number of ether oxygens (including phenoxy) is 1. The molecule has 0 bridgehead atoms. The maximum atomic E-state index is 12.3. The van der Waals surface area contributed by atoms with Gasteiger partial charge >= 0.3 is 0 Å². The molecule has 25 heavy (non-hydrogen) atoms. The molecule has 0 saturated carbocycles. The molecule has 0 aromatic heterocycles. The molecule has 1 amide bonds. The molecule has 1 atom stereocenters. The van der Waals surface area contributed by atoms with Crippen LogP contribution < -0.4 is 4.74 Å². The van der Waals surface area contributed by atoms with Crippen LogP contribution in [0, 0.1) is 0 Å². The van der Waals surface area contributed by atoms with Crippen molar-refractivity contribution in [2.45, 2.75) is 12.5 Å². The average molecular weight is 361 g/mol. The molecule has 6 nitrogen and oxygen atoms in total.